The Balaban J connectivity index is 1.98. The van der Waals surface area contributed by atoms with Gasteiger partial charge in [0.05, 0.1) is 6.04 Å². The smallest absolute Gasteiger partial charge is 0.319 e. The van der Waals surface area contributed by atoms with Gasteiger partial charge >= 0.3 is 6.03 Å². The minimum atomic E-state index is -0.251. The lowest BCUT2D eigenvalue weighted by atomic mass is 10.1. The van der Waals surface area contributed by atoms with Gasteiger partial charge in [0.2, 0.25) is 0 Å². The van der Waals surface area contributed by atoms with Crippen LogP contribution >= 0.6 is 11.6 Å². The van der Waals surface area contributed by atoms with Crippen LogP contribution in [0.2, 0.25) is 5.02 Å². The molecule has 0 aliphatic heterocycles. The van der Waals surface area contributed by atoms with E-state index in [2.05, 4.69) is 44.7 Å². The molecule has 2 N–H and O–H groups in total. The number of rotatable bonds is 6. The molecule has 0 aliphatic rings. The number of benzene rings is 2. The fourth-order valence-corrected chi connectivity index (χ4v) is 2.71. The molecule has 2 amide bonds. The summed E-state index contributed by atoms with van der Waals surface area (Å²) in [6, 6.07) is 15.3. The van der Waals surface area contributed by atoms with Crippen LogP contribution in [0.3, 0.4) is 0 Å². The second-order valence-electron chi connectivity index (χ2n) is 6.31. The van der Waals surface area contributed by atoms with Crippen LogP contribution in [-0.4, -0.2) is 45.7 Å². The third-order valence-electron chi connectivity index (χ3n) is 3.96. The van der Waals surface area contributed by atoms with Crippen molar-refractivity contribution in [2.24, 2.45) is 0 Å². The van der Waals surface area contributed by atoms with E-state index < -0.39 is 0 Å². The van der Waals surface area contributed by atoms with E-state index in [0.717, 1.165) is 11.3 Å². The first-order chi connectivity index (χ1) is 11.9. The zero-order valence-electron chi connectivity index (χ0n) is 15.1. The maximum Gasteiger partial charge on any atom is 0.319 e. The summed E-state index contributed by atoms with van der Waals surface area (Å²) in [5.41, 5.74) is 2.97. The van der Waals surface area contributed by atoms with Gasteiger partial charge in [0.15, 0.2) is 0 Å². The lowest BCUT2D eigenvalue weighted by Gasteiger charge is -2.26. The Kier molecular flexibility index (Phi) is 6.67. The van der Waals surface area contributed by atoms with E-state index in [1.807, 2.05) is 28.2 Å². The van der Waals surface area contributed by atoms with Crippen LogP contribution in [0.15, 0.2) is 48.5 Å². The van der Waals surface area contributed by atoms with Gasteiger partial charge in [-0.15, -0.1) is 0 Å². The highest BCUT2D eigenvalue weighted by Gasteiger charge is 2.15. The van der Waals surface area contributed by atoms with Crippen LogP contribution in [-0.2, 0) is 0 Å². The van der Waals surface area contributed by atoms with E-state index in [-0.39, 0.29) is 12.1 Å². The second kappa shape index (κ2) is 8.74. The molecule has 0 heterocycles. The van der Waals surface area contributed by atoms with Crippen LogP contribution in [0, 0.1) is 0 Å². The summed E-state index contributed by atoms with van der Waals surface area (Å²) in [7, 11) is 8.03. The normalized spacial score (nSPS) is 11.9. The first-order valence-electron chi connectivity index (χ1n) is 8.11. The number of halogens is 1. The van der Waals surface area contributed by atoms with Gasteiger partial charge in [-0.25, -0.2) is 4.79 Å². The SMILES string of the molecule is CN(C)c1ccc([C@@H](CNC(=O)Nc2cccc(Cl)c2)N(C)C)cc1. The number of hydrogen-bond donors (Lipinski definition) is 2. The molecular weight excluding hydrogens is 336 g/mol. The Hall–Kier alpha value is -2.24. The Morgan fingerprint density at radius 2 is 1.76 bits per heavy atom. The van der Waals surface area contributed by atoms with Crippen LogP contribution in [0.4, 0.5) is 16.2 Å². The van der Waals surface area contributed by atoms with Crippen molar-refractivity contribution < 1.29 is 4.79 Å². The number of carbonyl (C=O) groups is 1. The molecule has 2 aromatic carbocycles. The van der Waals surface area contributed by atoms with Gasteiger partial charge in [-0.2, -0.15) is 0 Å². The molecule has 5 nitrogen and oxygen atoms in total. The molecule has 0 unspecified atom stereocenters. The predicted octanol–water partition coefficient (Wildman–Crippen LogP) is 3.83. The monoisotopic (exact) mass is 360 g/mol. The van der Waals surface area contributed by atoms with Gasteiger partial charge in [-0.05, 0) is 50.0 Å². The molecular formula is C19H25ClN4O. The second-order valence-corrected chi connectivity index (χ2v) is 6.75. The van der Waals surface area contributed by atoms with Crippen LogP contribution in [0.5, 0.6) is 0 Å². The molecule has 0 saturated heterocycles. The molecule has 2 rings (SSSR count). The number of likely N-dealkylation sites (N-methyl/N-ethyl adjacent to an activating group) is 1. The molecule has 134 valence electrons. The highest BCUT2D eigenvalue weighted by atomic mass is 35.5. The largest absolute Gasteiger partial charge is 0.378 e. The Labute approximate surface area is 154 Å². The van der Waals surface area contributed by atoms with Crippen molar-refractivity contribution in [3.63, 3.8) is 0 Å². The average molecular weight is 361 g/mol. The molecule has 0 radical (unpaired) electrons. The zero-order chi connectivity index (χ0) is 18.4. The third-order valence-corrected chi connectivity index (χ3v) is 4.19. The maximum absolute atomic E-state index is 12.1. The Morgan fingerprint density at radius 1 is 1.08 bits per heavy atom. The zero-order valence-corrected chi connectivity index (χ0v) is 15.8. The van der Waals surface area contributed by atoms with Crippen molar-refractivity contribution in [2.45, 2.75) is 6.04 Å². The van der Waals surface area contributed by atoms with Gasteiger partial charge in [0.1, 0.15) is 0 Å². The minimum Gasteiger partial charge on any atom is -0.378 e. The standard InChI is InChI=1S/C19H25ClN4O/c1-23(2)17-10-8-14(9-11-17)18(24(3)4)13-21-19(25)22-16-7-5-6-15(20)12-16/h5-12,18H,13H2,1-4H3,(H2,21,22,25)/t18-/m1/s1. The number of carbonyl (C=O) groups excluding carboxylic acids is 1. The van der Waals surface area contributed by atoms with Gasteiger partial charge in [0.25, 0.3) is 0 Å². The van der Waals surface area contributed by atoms with Crippen molar-refractivity contribution in [1.82, 2.24) is 10.2 Å². The Morgan fingerprint density at radius 3 is 2.32 bits per heavy atom. The first kappa shape index (κ1) is 19.1. The quantitative estimate of drug-likeness (QED) is 0.823. The van der Waals surface area contributed by atoms with Gasteiger partial charge in [0, 0.05) is 37.0 Å². The van der Waals surface area contributed by atoms with Gasteiger partial charge < -0.3 is 20.4 Å². The topological polar surface area (TPSA) is 47.6 Å². The van der Waals surface area contributed by atoms with E-state index in [4.69, 9.17) is 11.6 Å². The van der Waals surface area contributed by atoms with Crippen molar-refractivity contribution in [3.8, 4) is 0 Å². The molecule has 0 spiro atoms. The lowest BCUT2D eigenvalue weighted by molar-refractivity contribution is 0.243. The van der Waals surface area contributed by atoms with Crippen molar-refractivity contribution in [1.29, 1.82) is 0 Å². The van der Waals surface area contributed by atoms with Crippen LogP contribution in [0.1, 0.15) is 11.6 Å². The summed E-state index contributed by atoms with van der Waals surface area (Å²) in [5, 5.41) is 6.30. The summed E-state index contributed by atoms with van der Waals surface area (Å²) in [6.45, 7) is 0.501. The molecule has 0 aliphatic carbocycles. The fraction of sp³-hybridized carbons (Fsp3) is 0.316. The minimum absolute atomic E-state index is 0.0846. The molecule has 2 aromatic rings. The first-order valence-corrected chi connectivity index (χ1v) is 8.48. The maximum atomic E-state index is 12.1. The average Bonchev–Trinajstić information content (AvgIpc) is 2.55. The molecule has 0 fully saturated rings. The highest BCUT2D eigenvalue weighted by molar-refractivity contribution is 6.30. The third kappa shape index (κ3) is 5.66. The Bertz CT molecular complexity index is 701. The molecule has 6 heteroatoms. The fourth-order valence-electron chi connectivity index (χ4n) is 2.52. The van der Waals surface area contributed by atoms with E-state index in [1.54, 1.807) is 24.3 Å². The summed E-state index contributed by atoms with van der Waals surface area (Å²) < 4.78 is 0. The molecule has 0 bridgehead atoms. The highest BCUT2D eigenvalue weighted by Crippen LogP contribution is 2.21. The van der Waals surface area contributed by atoms with E-state index in [1.165, 1.54) is 0 Å². The molecule has 25 heavy (non-hydrogen) atoms. The van der Waals surface area contributed by atoms with Crippen molar-refractivity contribution in [2.75, 3.05) is 45.0 Å². The number of amides is 2. The van der Waals surface area contributed by atoms with Crippen LogP contribution in [0.25, 0.3) is 0 Å². The number of nitrogens with zero attached hydrogens (tertiary/aromatic N) is 2. The predicted molar refractivity (Wildman–Crippen MR) is 106 cm³/mol. The lowest BCUT2D eigenvalue weighted by Crippen LogP contribution is -2.36. The van der Waals surface area contributed by atoms with Gasteiger partial charge in [-0.1, -0.05) is 29.8 Å². The summed E-state index contributed by atoms with van der Waals surface area (Å²) in [4.78, 5) is 16.3. The summed E-state index contributed by atoms with van der Waals surface area (Å²) in [6.07, 6.45) is 0. The van der Waals surface area contributed by atoms with Crippen molar-refractivity contribution in [3.05, 3.63) is 59.1 Å². The molecule has 0 aromatic heterocycles. The number of anilines is 2. The summed E-state index contributed by atoms with van der Waals surface area (Å²) in [5.74, 6) is 0. The van der Waals surface area contributed by atoms with Crippen molar-refractivity contribution >= 4 is 29.0 Å². The van der Waals surface area contributed by atoms with E-state index in [0.29, 0.717) is 17.3 Å². The van der Waals surface area contributed by atoms with Gasteiger partial charge in [-0.3, -0.25) is 0 Å². The number of hydrogen-bond acceptors (Lipinski definition) is 3. The molecule has 0 saturated carbocycles. The van der Waals surface area contributed by atoms with E-state index >= 15 is 0 Å². The summed E-state index contributed by atoms with van der Waals surface area (Å²) >= 11 is 5.93. The number of nitrogens with one attached hydrogen (secondary N) is 2. The van der Waals surface area contributed by atoms with E-state index in [9.17, 15) is 4.79 Å². The molecule has 1 atom stereocenters. The van der Waals surface area contributed by atoms with Crippen LogP contribution < -0.4 is 15.5 Å². The number of urea groups is 1.